The van der Waals surface area contributed by atoms with Crippen molar-refractivity contribution in [3.63, 3.8) is 0 Å². The molecule has 2 rings (SSSR count). The van der Waals surface area contributed by atoms with Gasteiger partial charge in [0, 0.05) is 17.8 Å². The fraction of sp³-hybridized carbons (Fsp3) is 0.333. The van der Waals surface area contributed by atoms with Gasteiger partial charge in [0.25, 0.3) is 1.43 Å². The maximum Gasteiger partial charge on any atom is 0.337 e. The minimum absolute atomic E-state index is 0.140. The molecule has 0 spiro atoms. The second kappa shape index (κ2) is 2.59. The number of rotatable bonds is 2. The highest BCUT2D eigenvalue weighted by Gasteiger charge is 2.24. The highest BCUT2D eigenvalue weighted by Crippen LogP contribution is 2.38. The molecule has 1 fully saturated rings. The summed E-state index contributed by atoms with van der Waals surface area (Å²) in [4.78, 5) is 15.0. The lowest BCUT2D eigenvalue weighted by Gasteiger charge is -1.96. The summed E-state index contributed by atoms with van der Waals surface area (Å²) in [7, 11) is 0. The predicted octanol–water partition coefficient (Wildman–Crippen LogP) is 1.66. The van der Waals surface area contributed by atoms with Crippen LogP contribution in [-0.2, 0) is 0 Å². The van der Waals surface area contributed by atoms with Crippen molar-refractivity contribution < 1.29 is 14.0 Å². The molecule has 0 radical (unpaired) electrons. The van der Waals surface area contributed by atoms with Crippen molar-refractivity contribution in [3.05, 3.63) is 29.5 Å². The van der Waals surface area contributed by atoms with Gasteiger partial charge in [-0.15, -0.1) is 0 Å². The molecular formula is C9H9NO2. The van der Waals surface area contributed by atoms with E-state index in [9.17, 15) is 4.79 Å². The summed E-state index contributed by atoms with van der Waals surface area (Å²) >= 11 is 0. The first-order valence-corrected chi connectivity index (χ1v) is 3.71. The van der Waals surface area contributed by atoms with E-state index < -0.39 is 11.5 Å². The van der Waals surface area contributed by atoms with E-state index in [0.717, 1.165) is 12.8 Å². The van der Waals surface area contributed by atoms with Crippen molar-refractivity contribution in [2.45, 2.75) is 18.8 Å². The van der Waals surface area contributed by atoms with Crippen molar-refractivity contribution in [1.82, 2.24) is 4.98 Å². The van der Waals surface area contributed by atoms with Crippen LogP contribution in [0.3, 0.4) is 0 Å². The van der Waals surface area contributed by atoms with Crippen LogP contribution < -0.4 is 0 Å². The minimum Gasteiger partial charge on any atom is -0.478 e. The molecule has 1 heterocycles. The third kappa shape index (κ3) is 1.30. The van der Waals surface area contributed by atoms with Crippen molar-refractivity contribution in [1.29, 1.82) is 1.43 Å². The maximum absolute atomic E-state index is 11.1. The number of carboxylic acid groups (broad SMARTS) is 1. The standard InChI is InChI=1S/C9H9NO2/c11-9(12)7-3-4-8(10-5-7)6-1-2-6/h3-6H,1-2H2,(H,11,12)/i3D,4D,5D/hD. The number of carbonyl (C=O) groups is 1. The highest BCUT2D eigenvalue weighted by molar-refractivity contribution is 5.87. The van der Waals surface area contributed by atoms with Crippen LogP contribution in [0.5, 0.6) is 0 Å². The Morgan fingerprint density at radius 2 is 2.58 bits per heavy atom. The van der Waals surface area contributed by atoms with Gasteiger partial charge in [0.15, 0.2) is 0 Å². The monoisotopic (exact) mass is 167 g/mol. The number of hydrogen-bond acceptors (Lipinski definition) is 3. The number of hydrogen-bond donors (Lipinski definition) is 1. The average Bonchev–Trinajstić information content (AvgIpc) is 3.07. The molecule has 0 aromatic carbocycles. The lowest BCUT2D eigenvalue weighted by Crippen LogP contribution is -1.97. The van der Waals surface area contributed by atoms with Crippen LogP contribution >= 0.6 is 0 Å². The Labute approximate surface area is 75.8 Å². The first-order valence-electron chi connectivity index (χ1n) is 5.62. The topological polar surface area (TPSA) is 50.2 Å². The zero-order chi connectivity index (χ0) is 11.9. The zero-order valence-electron chi connectivity index (χ0n) is 10.3. The summed E-state index contributed by atoms with van der Waals surface area (Å²) in [5.41, 5.74) is -0.0130. The van der Waals surface area contributed by atoms with Crippen molar-refractivity contribution in [2.24, 2.45) is 0 Å². The Bertz CT molecular complexity index is 459. The normalized spacial score (nSPS) is 20.3. The Morgan fingerprint density at radius 3 is 3.25 bits per heavy atom. The molecule has 0 atom stereocenters. The van der Waals surface area contributed by atoms with Gasteiger partial charge in [-0.05, 0) is 24.9 Å². The Balaban J connectivity index is 2.55. The quantitative estimate of drug-likeness (QED) is 0.728. The van der Waals surface area contributed by atoms with Crippen LogP contribution in [0.25, 0.3) is 1.43 Å². The summed E-state index contributed by atoms with van der Waals surface area (Å²) in [6.45, 7) is 0. The Hall–Kier alpha value is -1.38. The van der Waals surface area contributed by atoms with Gasteiger partial charge < -0.3 is 5.11 Å². The highest BCUT2D eigenvalue weighted by atomic mass is 16.4. The minimum atomic E-state index is -1.11. The molecule has 1 aromatic rings. The van der Waals surface area contributed by atoms with Crippen molar-refractivity contribution in [2.75, 3.05) is 0 Å². The van der Waals surface area contributed by atoms with Gasteiger partial charge in [-0.3, -0.25) is 4.98 Å². The van der Waals surface area contributed by atoms with Crippen LogP contribution in [0, 0.1) is 0 Å². The SMILES string of the molecule is [2H]OC(=O)c1c([2H])nc(C2CC2)c([2H])c1[2H]. The number of pyridine rings is 1. The van der Waals surface area contributed by atoms with Gasteiger partial charge in [0.05, 0.1) is 9.68 Å². The molecular weight excluding hydrogens is 154 g/mol. The van der Waals surface area contributed by atoms with Crippen LogP contribution in [0.2, 0.25) is 0 Å². The van der Waals surface area contributed by atoms with Crippen molar-refractivity contribution in [3.8, 4) is 0 Å². The largest absolute Gasteiger partial charge is 0.478 e. The molecule has 0 amide bonds. The molecule has 0 saturated heterocycles. The first-order chi connectivity index (χ1) is 7.56. The second-order valence-electron chi connectivity index (χ2n) is 2.80. The van der Waals surface area contributed by atoms with E-state index in [1.807, 2.05) is 0 Å². The van der Waals surface area contributed by atoms with E-state index in [-0.39, 0.29) is 24.2 Å². The summed E-state index contributed by atoms with van der Waals surface area (Å²) in [5, 5.41) is 3.72. The molecule has 3 nitrogen and oxygen atoms in total. The lowest BCUT2D eigenvalue weighted by molar-refractivity contribution is 0.0696. The van der Waals surface area contributed by atoms with Crippen LogP contribution in [-0.4, -0.2) is 16.1 Å². The number of aromatic nitrogens is 1. The fourth-order valence-corrected chi connectivity index (χ4v) is 0.945. The van der Waals surface area contributed by atoms with Crippen LogP contribution in [0.4, 0.5) is 0 Å². The molecule has 1 aliphatic carbocycles. The molecule has 1 aromatic heterocycles. The van der Waals surface area contributed by atoms with E-state index in [4.69, 9.17) is 5.54 Å². The summed E-state index contributed by atoms with van der Waals surface area (Å²) < 4.78 is 29.2. The molecule has 1 saturated carbocycles. The molecule has 0 unspecified atom stereocenters. The van der Waals surface area contributed by atoms with Gasteiger partial charge in [-0.2, -0.15) is 0 Å². The van der Waals surface area contributed by atoms with E-state index in [1.165, 1.54) is 0 Å². The average molecular weight is 167 g/mol. The maximum atomic E-state index is 11.1. The van der Waals surface area contributed by atoms with Gasteiger partial charge in [0.2, 0.25) is 0 Å². The van der Waals surface area contributed by atoms with Crippen molar-refractivity contribution >= 4 is 5.97 Å². The summed E-state index contributed by atoms with van der Waals surface area (Å²) in [6.07, 6.45) is 1.42. The van der Waals surface area contributed by atoms with Crippen LogP contribution in [0.1, 0.15) is 38.9 Å². The first kappa shape index (κ1) is 4.03. The van der Waals surface area contributed by atoms with Gasteiger partial charge in [-0.1, -0.05) is 0 Å². The third-order valence-electron chi connectivity index (χ3n) is 1.77. The van der Waals surface area contributed by atoms with E-state index in [2.05, 4.69) is 10.1 Å². The van der Waals surface area contributed by atoms with E-state index in [1.54, 1.807) is 0 Å². The summed E-state index contributed by atoms with van der Waals surface area (Å²) in [6, 6.07) is -0.516. The molecule has 62 valence electrons. The third-order valence-corrected chi connectivity index (χ3v) is 1.77. The van der Waals surface area contributed by atoms with Gasteiger partial charge >= 0.3 is 5.97 Å². The molecule has 1 aliphatic rings. The van der Waals surface area contributed by atoms with E-state index in [0.29, 0.717) is 5.69 Å². The molecule has 3 heteroatoms. The van der Waals surface area contributed by atoms with Gasteiger partial charge in [0.1, 0.15) is 0 Å². The predicted molar refractivity (Wildman–Crippen MR) is 43.2 cm³/mol. The zero-order valence-corrected chi connectivity index (χ0v) is 6.26. The Kier molecular flexibility index (Phi) is 0.869. The molecule has 12 heavy (non-hydrogen) atoms. The smallest absolute Gasteiger partial charge is 0.337 e. The fourth-order valence-electron chi connectivity index (χ4n) is 0.945. The van der Waals surface area contributed by atoms with Gasteiger partial charge in [-0.25, -0.2) is 4.79 Å². The van der Waals surface area contributed by atoms with Crippen LogP contribution in [0.15, 0.2) is 18.3 Å². The molecule has 1 N–H and O–H groups in total. The molecule has 0 aliphatic heterocycles. The lowest BCUT2D eigenvalue weighted by atomic mass is 10.2. The molecule has 0 bridgehead atoms. The van der Waals surface area contributed by atoms with E-state index >= 15 is 0 Å². The second-order valence-corrected chi connectivity index (χ2v) is 2.80. The number of carboxylic acids is 1. The summed E-state index contributed by atoms with van der Waals surface area (Å²) in [5.74, 6) is -0.972. The number of nitrogens with zero attached hydrogens (tertiary/aromatic N) is 1. The number of aromatic carboxylic acids is 1. The Morgan fingerprint density at radius 1 is 1.75 bits per heavy atom.